The highest BCUT2D eigenvalue weighted by atomic mass is 32.1. The molecule has 1 aromatic carbocycles. The molecule has 32 heavy (non-hydrogen) atoms. The van der Waals surface area contributed by atoms with Crippen LogP contribution in [0.1, 0.15) is 24.1 Å². The second kappa shape index (κ2) is 9.85. The van der Waals surface area contributed by atoms with E-state index in [1.54, 1.807) is 18.4 Å². The number of aryl methyl sites for hydroxylation is 1. The molecule has 2 saturated heterocycles. The Morgan fingerprint density at radius 1 is 0.969 bits per heavy atom. The van der Waals surface area contributed by atoms with Crippen LogP contribution in [0, 0.1) is 0 Å². The first-order chi connectivity index (χ1) is 15.7. The monoisotopic (exact) mass is 457 g/mol. The third kappa shape index (κ3) is 4.54. The number of anilines is 3. The van der Waals surface area contributed by atoms with Crippen molar-refractivity contribution in [3.63, 3.8) is 0 Å². The van der Waals surface area contributed by atoms with Gasteiger partial charge in [-0.1, -0.05) is 6.07 Å². The lowest BCUT2D eigenvalue weighted by Gasteiger charge is -2.35. The number of hydrogen-bond donors (Lipinski definition) is 0. The zero-order chi connectivity index (χ0) is 21.9. The molecule has 0 atom stereocenters. The Morgan fingerprint density at radius 3 is 2.69 bits per heavy atom. The fourth-order valence-corrected chi connectivity index (χ4v) is 6.04. The van der Waals surface area contributed by atoms with Crippen molar-refractivity contribution in [2.24, 2.45) is 0 Å². The molecule has 7 nitrogen and oxygen atoms in total. The van der Waals surface area contributed by atoms with E-state index in [0.717, 1.165) is 89.3 Å². The van der Waals surface area contributed by atoms with Crippen LogP contribution in [-0.2, 0) is 17.7 Å². The van der Waals surface area contributed by atoms with Crippen LogP contribution in [0.15, 0.2) is 17.5 Å². The Balaban J connectivity index is 1.28. The van der Waals surface area contributed by atoms with Gasteiger partial charge in [0.15, 0.2) is 5.13 Å². The van der Waals surface area contributed by atoms with Crippen LogP contribution in [0.3, 0.4) is 0 Å². The van der Waals surface area contributed by atoms with E-state index < -0.39 is 0 Å². The van der Waals surface area contributed by atoms with E-state index in [-0.39, 0.29) is 0 Å². The van der Waals surface area contributed by atoms with E-state index >= 15 is 0 Å². The molecule has 0 radical (unpaired) electrons. The molecule has 5 rings (SSSR count). The van der Waals surface area contributed by atoms with Crippen molar-refractivity contribution < 1.29 is 9.47 Å². The van der Waals surface area contributed by atoms with Gasteiger partial charge in [0.25, 0.3) is 0 Å². The highest BCUT2D eigenvalue weighted by Crippen LogP contribution is 2.43. The van der Waals surface area contributed by atoms with Crippen LogP contribution in [0.2, 0.25) is 0 Å². The van der Waals surface area contributed by atoms with Crippen molar-refractivity contribution in [2.45, 2.75) is 25.8 Å². The summed E-state index contributed by atoms with van der Waals surface area (Å²) in [6.45, 7) is 9.77. The maximum absolute atomic E-state index is 5.83. The molecule has 0 aliphatic carbocycles. The van der Waals surface area contributed by atoms with Gasteiger partial charge in [-0.2, -0.15) is 0 Å². The Hall–Kier alpha value is -2.03. The summed E-state index contributed by atoms with van der Waals surface area (Å²) >= 11 is 1.77. The lowest BCUT2D eigenvalue weighted by Crippen LogP contribution is -2.36. The van der Waals surface area contributed by atoms with E-state index in [2.05, 4.69) is 44.2 Å². The lowest BCUT2D eigenvalue weighted by molar-refractivity contribution is 0.122. The fourth-order valence-electron chi connectivity index (χ4n) is 5.17. The van der Waals surface area contributed by atoms with Crippen LogP contribution in [0.4, 0.5) is 16.5 Å². The van der Waals surface area contributed by atoms with Gasteiger partial charge in [-0.3, -0.25) is 4.90 Å². The van der Waals surface area contributed by atoms with Gasteiger partial charge >= 0.3 is 0 Å². The summed E-state index contributed by atoms with van der Waals surface area (Å²) in [7, 11) is 4.02. The number of fused-ring (bicyclic) bond motifs is 1. The van der Waals surface area contributed by atoms with Gasteiger partial charge in [-0.15, -0.1) is 11.3 Å². The maximum Gasteiger partial charge on any atom is 0.185 e. The first-order valence-corrected chi connectivity index (χ1v) is 12.8. The van der Waals surface area contributed by atoms with Crippen LogP contribution < -0.4 is 19.4 Å². The van der Waals surface area contributed by atoms with Gasteiger partial charge in [0, 0.05) is 64.8 Å². The van der Waals surface area contributed by atoms with Crippen molar-refractivity contribution in [2.75, 3.05) is 87.9 Å². The largest absolute Gasteiger partial charge is 0.495 e. The summed E-state index contributed by atoms with van der Waals surface area (Å²) in [6, 6.07) is 4.42. The summed E-state index contributed by atoms with van der Waals surface area (Å²) in [5.74, 6) is 1.00. The molecule has 2 fully saturated rings. The average molecular weight is 458 g/mol. The molecule has 0 amide bonds. The molecular weight excluding hydrogens is 422 g/mol. The summed E-state index contributed by atoms with van der Waals surface area (Å²) in [5, 5.41) is 3.38. The Kier molecular flexibility index (Phi) is 6.71. The van der Waals surface area contributed by atoms with E-state index in [0.29, 0.717) is 0 Å². The van der Waals surface area contributed by atoms with Crippen LogP contribution >= 0.6 is 11.3 Å². The molecule has 0 spiro atoms. The quantitative estimate of drug-likeness (QED) is 0.684. The normalized spacial score (nSPS) is 20.2. The number of rotatable bonds is 5. The van der Waals surface area contributed by atoms with Gasteiger partial charge in [0.2, 0.25) is 0 Å². The van der Waals surface area contributed by atoms with E-state index in [4.69, 9.17) is 14.5 Å². The Labute approximate surface area is 195 Å². The Morgan fingerprint density at radius 2 is 1.84 bits per heavy atom. The van der Waals surface area contributed by atoms with Crippen LogP contribution in [-0.4, -0.2) is 83.1 Å². The minimum Gasteiger partial charge on any atom is -0.495 e. The van der Waals surface area contributed by atoms with Crippen LogP contribution in [0.5, 0.6) is 5.75 Å². The van der Waals surface area contributed by atoms with E-state index in [1.807, 2.05) is 0 Å². The number of benzene rings is 1. The zero-order valence-corrected chi connectivity index (χ0v) is 20.2. The van der Waals surface area contributed by atoms with Crippen LogP contribution in [0.25, 0.3) is 0 Å². The molecule has 0 saturated carbocycles. The molecule has 0 N–H and O–H groups in total. The van der Waals surface area contributed by atoms with Gasteiger partial charge in [0.1, 0.15) is 11.4 Å². The second-order valence-electron chi connectivity index (χ2n) is 8.99. The number of morpholine rings is 1. The number of thiazole rings is 1. The first-order valence-electron chi connectivity index (χ1n) is 11.9. The average Bonchev–Trinajstić information content (AvgIpc) is 3.17. The molecule has 1 aromatic heterocycles. The molecule has 4 heterocycles. The third-order valence-electron chi connectivity index (χ3n) is 6.85. The molecule has 3 aliphatic rings. The molecule has 0 bridgehead atoms. The van der Waals surface area contributed by atoms with Gasteiger partial charge in [-0.25, -0.2) is 4.98 Å². The topological polar surface area (TPSA) is 44.3 Å². The maximum atomic E-state index is 5.83. The van der Waals surface area contributed by atoms with E-state index in [9.17, 15) is 0 Å². The van der Waals surface area contributed by atoms with Crippen molar-refractivity contribution in [1.29, 1.82) is 0 Å². The molecule has 8 heteroatoms. The smallest absolute Gasteiger partial charge is 0.185 e. The number of ether oxygens (including phenoxy) is 2. The van der Waals surface area contributed by atoms with Gasteiger partial charge < -0.3 is 24.2 Å². The summed E-state index contributed by atoms with van der Waals surface area (Å²) < 4.78 is 11.3. The number of methoxy groups -OCH3 is 1. The predicted octanol–water partition coefficient (Wildman–Crippen LogP) is 3.08. The van der Waals surface area contributed by atoms with Crippen molar-refractivity contribution >= 4 is 27.8 Å². The van der Waals surface area contributed by atoms with Gasteiger partial charge in [-0.05, 0) is 30.9 Å². The lowest BCUT2D eigenvalue weighted by atomic mass is 9.99. The first kappa shape index (κ1) is 21.8. The predicted molar refractivity (Wildman–Crippen MR) is 132 cm³/mol. The molecule has 0 unspecified atom stereocenters. The SMILES string of the molecule is COc1ccc2c(c1N1CCCN(Cc3csc(N4CCOCC4)n3)CC1)N(C)CCC2. The number of nitrogens with zero attached hydrogens (tertiary/aromatic N) is 5. The van der Waals surface area contributed by atoms with Crippen molar-refractivity contribution in [3.8, 4) is 5.75 Å². The summed E-state index contributed by atoms with van der Waals surface area (Å²) in [5.41, 5.74) is 5.31. The molecule has 2 aromatic rings. The summed E-state index contributed by atoms with van der Waals surface area (Å²) in [6.07, 6.45) is 3.53. The third-order valence-corrected chi connectivity index (χ3v) is 7.80. The van der Waals surface area contributed by atoms with Crippen molar-refractivity contribution in [3.05, 3.63) is 28.8 Å². The van der Waals surface area contributed by atoms with E-state index in [1.165, 1.54) is 29.1 Å². The minimum absolute atomic E-state index is 0.804. The Bertz CT molecular complexity index is 914. The fraction of sp³-hybridized carbons (Fsp3) is 0.625. The molecular formula is C24H35N5O2S. The zero-order valence-electron chi connectivity index (χ0n) is 19.4. The highest BCUT2D eigenvalue weighted by Gasteiger charge is 2.26. The molecule has 3 aliphatic heterocycles. The van der Waals surface area contributed by atoms with Gasteiger partial charge in [0.05, 0.1) is 31.7 Å². The van der Waals surface area contributed by atoms with Crippen molar-refractivity contribution in [1.82, 2.24) is 9.88 Å². The number of hydrogen-bond acceptors (Lipinski definition) is 8. The number of aromatic nitrogens is 1. The summed E-state index contributed by atoms with van der Waals surface area (Å²) in [4.78, 5) is 14.8. The second-order valence-corrected chi connectivity index (χ2v) is 9.82. The molecule has 174 valence electrons. The standard InChI is InChI=1S/C24H35N5O2S/c1-26-8-3-5-19-6-7-21(30-2)23(22(19)26)28-10-4-9-27(11-12-28)17-20-18-32-24(25-20)29-13-15-31-16-14-29/h6-7,18H,3-5,8-17H2,1-2H3. The minimum atomic E-state index is 0.804. The highest BCUT2D eigenvalue weighted by molar-refractivity contribution is 7.13.